The molecule has 1 aromatic carbocycles. The van der Waals surface area contributed by atoms with E-state index in [9.17, 15) is 14.4 Å². The van der Waals surface area contributed by atoms with E-state index in [0.717, 1.165) is 9.80 Å². The van der Waals surface area contributed by atoms with Crippen LogP contribution in [-0.2, 0) is 21.4 Å². The zero-order valence-corrected chi connectivity index (χ0v) is 14.2. The lowest BCUT2D eigenvalue weighted by Crippen LogP contribution is -2.34. The van der Waals surface area contributed by atoms with Gasteiger partial charge in [0, 0.05) is 23.8 Å². The lowest BCUT2D eigenvalue weighted by molar-refractivity contribution is -0.121. The molecule has 3 heterocycles. The number of aromatic nitrogens is 2. The van der Waals surface area contributed by atoms with E-state index in [1.807, 2.05) is 12.1 Å². The smallest absolute Gasteiger partial charge is 0.256 e. The Bertz CT molecular complexity index is 894. The molecule has 1 atom stereocenters. The van der Waals surface area contributed by atoms with E-state index in [1.165, 1.54) is 18.0 Å². The van der Waals surface area contributed by atoms with Crippen molar-refractivity contribution in [1.82, 2.24) is 9.78 Å². The zero-order chi connectivity index (χ0) is 17.6. The lowest BCUT2D eigenvalue weighted by Gasteiger charge is -2.19. The Morgan fingerprint density at radius 3 is 2.92 bits per heavy atom. The molecule has 9 heteroatoms. The molecule has 1 saturated heterocycles. The summed E-state index contributed by atoms with van der Waals surface area (Å²) in [7, 11) is 1.73. The van der Waals surface area contributed by atoms with Crippen molar-refractivity contribution < 1.29 is 14.4 Å². The van der Waals surface area contributed by atoms with Crippen LogP contribution in [0.5, 0.6) is 0 Å². The molecule has 0 bridgehead atoms. The van der Waals surface area contributed by atoms with Crippen molar-refractivity contribution in [3.8, 4) is 0 Å². The van der Waals surface area contributed by atoms with E-state index < -0.39 is 6.04 Å². The molecular formula is C16H15N5O3S. The highest BCUT2D eigenvalue weighted by Crippen LogP contribution is 2.34. The number of anilines is 3. The minimum Gasteiger partial charge on any atom is -0.373 e. The maximum absolute atomic E-state index is 12.6. The number of hydrogen-bond donors (Lipinski definition) is 2. The van der Waals surface area contributed by atoms with E-state index in [4.69, 9.17) is 0 Å². The Morgan fingerprint density at radius 2 is 2.16 bits per heavy atom. The summed E-state index contributed by atoms with van der Waals surface area (Å²) in [5, 5.41) is 9.90. The molecule has 1 fully saturated rings. The number of benzene rings is 1. The number of thioether (sulfide) groups is 1. The van der Waals surface area contributed by atoms with Crippen molar-refractivity contribution in [3.63, 3.8) is 0 Å². The minimum absolute atomic E-state index is 0.0514. The van der Waals surface area contributed by atoms with Gasteiger partial charge in [0.05, 0.1) is 29.7 Å². The molecule has 8 nitrogen and oxygen atoms in total. The molecule has 2 aliphatic rings. The topological polar surface area (TPSA) is 96.3 Å². The summed E-state index contributed by atoms with van der Waals surface area (Å²) < 4.78 is 1.54. The number of carbonyl (C=O) groups is 3. The van der Waals surface area contributed by atoms with Crippen molar-refractivity contribution in [3.05, 3.63) is 30.6 Å². The molecule has 3 amide bonds. The number of hydrogen-bond acceptors (Lipinski definition) is 6. The Morgan fingerprint density at radius 1 is 1.32 bits per heavy atom. The molecule has 2 aromatic rings. The number of nitrogens with one attached hydrogen (secondary N) is 2. The first-order chi connectivity index (χ1) is 12.0. The number of aryl methyl sites for hydroxylation is 1. The van der Waals surface area contributed by atoms with Crippen molar-refractivity contribution >= 4 is 46.5 Å². The third kappa shape index (κ3) is 2.86. The quantitative estimate of drug-likeness (QED) is 0.802. The Kier molecular flexibility index (Phi) is 3.72. The molecule has 4 rings (SSSR count). The van der Waals surface area contributed by atoms with Gasteiger partial charge < -0.3 is 10.6 Å². The number of rotatable bonds is 3. The predicted molar refractivity (Wildman–Crippen MR) is 93.5 cm³/mol. The van der Waals surface area contributed by atoms with Crippen LogP contribution in [0.1, 0.15) is 6.42 Å². The molecule has 2 aliphatic heterocycles. The first-order valence-electron chi connectivity index (χ1n) is 7.70. The van der Waals surface area contributed by atoms with Crippen LogP contribution in [0.15, 0.2) is 35.5 Å². The Hall–Kier alpha value is -2.81. The van der Waals surface area contributed by atoms with E-state index in [2.05, 4.69) is 15.7 Å². The van der Waals surface area contributed by atoms with E-state index >= 15 is 0 Å². The van der Waals surface area contributed by atoms with Crippen LogP contribution in [0.2, 0.25) is 0 Å². The first kappa shape index (κ1) is 15.7. The van der Waals surface area contributed by atoms with Gasteiger partial charge in [0.2, 0.25) is 11.8 Å². The standard InChI is InChI=1S/C16H15N5O3S/c1-20-7-10(6-17-20)21-15(23)5-12(16(21)24)18-9-2-3-13-11(4-9)19-14(22)8-25-13/h2-4,6-7,12,18H,5,8H2,1H3,(H,19,22). The maximum Gasteiger partial charge on any atom is 0.256 e. The third-order valence-electron chi connectivity index (χ3n) is 4.05. The highest BCUT2D eigenvalue weighted by Gasteiger charge is 2.40. The summed E-state index contributed by atoms with van der Waals surface area (Å²) in [6.45, 7) is 0. The summed E-state index contributed by atoms with van der Waals surface area (Å²) in [6.07, 6.45) is 3.19. The molecule has 2 N–H and O–H groups in total. The number of amides is 3. The van der Waals surface area contributed by atoms with Gasteiger partial charge in [-0.25, -0.2) is 4.90 Å². The highest BCUT2D eigenvalue weighted by molar-refractivity contribution is 8.00. The first-order valence-corrected chi connectivity index (χ1v) is 8.68. The molecule has 0 radical (unpaired) electrons. The molecule has 128 valence electrons. The molecule has 0 saturated carbocycles. The second-order valence-electron chi connectivity index (χ2n) is 5.89. The highest BCUT2D eigenvalue weighted by atomic mass is 32.2. The number of nitrogens with zero attached hydrogens (tertiary/aromatic N) is 3. The second-order valence-corrected chi connectivity index (χ2v) is 6.91. The fourth-order valence-corrected chi connectivity index (χ4v) is 3.70. The van der Waals surface area contributed by atoms with Gasteiger partial charge in [-0.15, -0.1) is 11.8 Å². The molecular weight excluding hydrogens is 342 g/mol. The fourth-order valence-electron chi connectivity index (χ4n) is 2.91. The fraction of sp³-hybridized carbons (Fsp3) is 0.250. The Balaban J connectivity index is 1.54. The zero-order valence-electron chi connectivity index (χ0n) is 13.4. The summed E-state index contributed by atoms with van der Waals surface area (Å²) in [4.78, 5) is 38.5. The predicted octanol–water partition coefficient (Wildman–Crippen LogP) is 1.21. The van der Waals surface area contributed by atoms with Crippen LogP contribution in [0, 0.1) is 0 Å². The molecule has 25 heavy (non-hydrogen) atoms. The van der Waals surface area contributed by atoms with Gasteiger partial charge in [-0.1, -0.05) is 0 Å². The lowest BCUT2D eigenvalue weighted by atomic mass is 10.2. The van der Waals surface area contributed by atoms with Crippen LogP contribution >= 0.6 is 11.8 Å². The van der Waals surface area contributed by atoms with Gasteiger partial charge in [-0.2, -0.15) is 5.10 Å². The molecule has 0 spiro atoms. The van der Waals surface area contributed by atoms with Gasteiger partial charge in [0.1, 0.15) is 6.04 Å². The van der Waals surface area contributed by atoms with Crippen LogP contribution in [0.4, 0.5) is 17.1 Å². The number of imide groups is 1. The van der Waals surface area contributed by atoms with Crippen LogP contribution in [-0.4, -0.2) is 39.3 Å². The summed E-state index contributed by atoms with van der Waals surface area (Å²) >= 11 is 1.47. The SMILES string of the molecule is Cn1cc(N2C(=O)CC(Nc3ccc4c(c3)NC(=O)CS4)C2=O)cn1. The van der Waals surface area contributed by atoms with Crippen molar-refractivity contribution in [2.75, 3.05) is 21.3 Å². The van der Waals surface area contributed by atoms with Gasteiger partial charge in [-0.3, -0.25) is 19.1 Å². The number of fused-ring (bicyclic) bond motifs is 1. The molecule has 1 unspecified atom stereocenters. The van der Waals surface area contributed by atoms with Gasteiger partial charge in [-0.05, 0) is 18.2 Å². The van der Waals surface area contributed by atoms with Crippen LogP contribution < -0.4 is 15.5 Å². The average molecular weight is 357 g/mol. The maximum atomic E-state index is 12.6. The minimum atomic E-state index is -0.641. The Labute approximate surface area is 147 Å². The number of carbonyl (C=O) groups excluding carboxylic acids is 3. The second kappa shape index (κ2) is 5.92. The van der Waals surface area contributed by atoms with Crippen LogP contribution in [0.25, 0.3) is 0 Å². The normalized spacial score (nSPS) is 19.8. The molecule has 1 aromatic heterocycles. The van der Waals surface area contributed by atoms with Crippen molar-refractivity contribution in [2.24, 2.45) is 7.05 Å². The van der Waals surface area contributed by atoms with Gasteiger partial charge >= 0.3 is 0 Å². The van der Waals surface area contributed by atoms with E-state index in [-0.39, 0.29) is 24.1 Å². The van der Waals surface area contributed by atoms with Crippen molar-refractivity contribution in [1.29, 1.82) is 0 Å². The summed E-state index contributed by atoms with van der Waals surface area (Å²) in [5.74, 6) is -0.230. The van der Waals surface area contributed by atoms with Gasteiger partial charge in [0.25, 0.3) is 5.91 Å². The van der Waals surface area contributed by atoms with Crippen molar-refractivity contribution in [2.45, 2.75) is 17.4 Å². The van der Waals surface area contributed by atoms with Crippen LogP contribution in [0.3, 0.4) is 0 Å². The average Bonchev–Trinajstić information content (AvgIpc) is 3.10. The van der Waals surface area contributed by atoms with E-state index in [0.29, 0.717) is 22.8 Å². The summed E-state index contributed by atoms with van der Waals surface area (Å²) in [5.41, 5.74) is 1.86. The molecule has 0 aliphatic carbocycles. The summed E-state index contributed by atoms with van der Waals surface area (Å²) in [6, 6.07) is 4.87. The van der Waals surface area contributed by atoms with E-state index in [1.54, 1.807) is 24.0 Å². The third-order valence-corrected chi connectivity index (χ3v) is 5.12. The van der Waals surface area contributed by atoms with Gasteiger partial charge in [0.15, 0.2) is 0 Å². The monoisotopic (exact) mass is 357 g/mol. The largest absolute Gasteiger partial charge is 0.373 e.